The number of carboxylic acids is 1. The molecule has 0 aliphatic carbocycles. The Morgan fingerprint density at radius 1 is 1.62 bits per heavy atom. The van der Waals surface area contributed by atoms with Crippen LogP contribution in [0.4, 0.5) is 0 Å². The fraction of sp³-hybridized carbons (Fsp3) is 0.625. The van der Waals surface area contributed by atoms with Gasteiger partial charge in [-0.1, -0.05) is 19.1 Å². The summed E-state index contributed by atoms with van der Waals surface area (Å²) in [7, 11) is 1.72. The van der Waals surface area contributed by atoms with Gasteiger partial charge in [0.25, 0.3) is 0 Å². The summed E-state index contributed by atoms with van der Waals surface area (Å²) in [4.78, 5) is 10.9. The molecule has 0 saturated heterocycles. The molecule has 0 amide bonds. The number of aryl methyl sites for hydroxylation is 1. The van der Waals surface area contributed by atoms with E-state index in [0.717, 1.165) is 0 Å². The van der Waals surface area contributed by atoms with E-state index in [4.69, 9.17) is 5.11 Å². The van der Waals surface area contributed by atoms with E-state index in [1.807, 2.05) is 13.8 Å². The summed E-state index contributed by atoms with van der Waals surface area (Å²) < 4.78 is 1.51. The Morgan fingerprint density at radius 3 is 2.54 bits per heavy atom. The van der Waals surface area contributed by atoms with Gasteiger partial charge in [-0.15, -0.1) is 5.10 Å². The van der Waals surface area contributed by atoms with Crippen LogP contribution in [-0.2, 0) is 11.8 Å². The number of carbonyl (C=O) groups is 1. The highest BCUT2D eigenvalue weighted by Crippen LogP contribution is 2.21. The molecule has 0 saturated carbocycles. The first-order valence-electron chi connectivity index (χ1n) is 4.11. The van der Waals surface area contributed by atoms with Gasteiger partial charge in [0.15, 0.2) is 0 Å². The van der Waals surface area contributed by atoms with Crippen LogP contribution in [0, 0.1) is 5.92 Å². The first-order valence-corrected chi connectivity index (χ1v) is 4.11. The molecule has 1 atom stereocenters. The van der Waals surface area contributed by atoms with Crippen molar-refractivity contribution in [2.75, 3.05) is 0 Å². The Labute approximate surface area is 76.4 Å². The zero-order valence-corrected chi connectivity index (χ0v) is 7.93. The topological polar surface area (TPSA) is 68.0 Å². The smallest absolute Gasteiger partial charge is 0.312 e. The van der Waals surface area contributed by atoms with Crippen molar-refractivity contribution < 1.29 is 9.90 Å². The largest absolute Gasteiger partial charge is 0.481 e. The lowest BCUT2D eigenvalue weighted by atomic mass is 9.93. The molecule has 0 aromatic carbocycles. The molecule has 1 rings (SSSR count). The van der Waals surface area contributed by atoms with E-state index in [9.17, 15) is 4.79 Å². The fourth-order valence-electron chi connectivity index (χ4n) is 1.26. The number of aromatic nitrogens is 3. The van der Waals surface area contributed by atoms with Crippen LogP contribution in [0.1, 0.15) is 25.5 Å². The van der Waals surface area contributed by atoms with Crippen LogP contribution in [0.5, 0.6) is 0 Å². The number of hydrogen-bond acceptors (Lipinski definition) is 3. The van der Waals surface area contributed by atoms with E-state index < -0.39 is 11.9 Å². The van der Waals surface area contributed by atoms with Crippen molar-refractivity contribution in [1.29, 1.82) is 0 Å². The Hall–Kier alpha value is -1.39. The maximum absolute atomic E-state index is 10.9. The molecule has 0 fully saturated rings. The summed E-state index contributed by atoms with van der Waals surface area (Å²) in [6.07, 6.45) is 1.64. The van der Waals surface area contributed by atoms with Gasteiger partial charge in [-0.25, -0.2) is 0 Å². The van der Waals surface area contributed by atoms with Crippen LogP contribution >= 0.6 is 0 Å². The predicted octanol–water partition coefficient (Wildman–Crippen LogP) is 0.639. The van der Waals surface area contributed by atoms with Gasteiger partial charge >= 0.3 is 5.97 Å². The van der Waals surface area contributed by atoms with Gasteiger partial charge in [0.05, 0.1) is 5.69 Å². The third-order valence-electron chi connectivity index (χ3n) is 1.87. The average molecular weight is 183 g/mol. The van der Waals surface area contributed by atoms with E-state index in [1.165, 1.54) is 4.68 Å². The van der Waals surface area contributed by atoms with Gasteiger partial charge in [-0.2, -0.15) is 0 Å². The SMILES string of the molecule is CC(C)C(C(=O)O)c1cn(C)nn1. The molecule has 5 heteroatoms. The highest BCUT2D eigenvalue weighted by Gasteiger charge is 2.26. The Kier molecular flexibility index (Phi) is 2.65. The van der Waals surface area contributed by atoms with Crippen molar-refractivity contribution >= 4 is 5.97 Å². The normalized spacial score (nSPS) is 13.2. The van der Waals surface area contributed by atoms with Crippen molar-refractivity contribution in [1.82, 2.24) is 15.0 Å². The van der Waals surface area contributed by atoms with E-state index in [2.05, 4.69) is 10.3 Å². The number of rotatable bonds is 3. The Bertz CT molecular complexity index is 306. The monoisotopic (exact) mass is 183 g/mol. The molecule has 0 aliphatic rings. The van der Waals surface area contributed by atoms with Crippen LogP contribution < -0.4 is 0 Å². The first-order chi connectivity index (χ1) is 6.02. The minimum Gasteiger partial charge on any atom is -0.481 e. The molecule has 0 radical (unpaired) electrons. The Balaban J connectivity index is 2.95. The molecule has 13 heavy (non-hydrogen) atoms. The minimum absolute atomic E-state index is 0.0224. The van der Waals surface area contributed by atoms with Crippen LogP contribution in [0.3, 0.4) is 0 Å². The van der Waals surface area contributed by atoms with E-state index in [1.54, 1.807) is 13.2 Å². The third-order valence-corrected chi connectivity index (χ3v) is 1.87. The molecule has 5 nitrogen and oxygen atoms in total. The average Bonchev–Trinajstić information content (AvgIpc) is 2.34. The maximum atomic E-state index is 10.9. The number of hydrogen-bond donors (Lipinski definition) is 1. The summed E-state index contributed by atoms with van der Waals surface area (Å²) in [6.45, 7) is 3.71. The lowest BCUT2D eigenvalue weighted by molar-refractivity contribution is -0.140. The van der Waals surface area contributed by atoms with Crippen molar-refractivity contribution in [2.45, 2.75) is 19.8 Å². The zero-order valence-electron chi connectivity index (χ0n) is 7.93. The van der Waals surface area contributed by atoms with Crippen LogP contribution in [0.15, 0.2) is 6.20 Å². The second-order valence-electron chi connectivity index (χ2n) is 3.38. The molecule has 1 heterocycles. The summed E-state index contributed by atoms with van der Waals surface area (Å²) >= 11 is 0. The molecular formula is C8H13N3O2. The van der Waals surface area contributed by atoms with E-state index in [0.29, 0.717) is 5.69 Å². The van der Waals surface area contributed by atoms with Gasteiger partial charge in [-0.3, -0.25) is 9.48 Å². The van der Waals surface area contributed by atoms with Crippen LogP contribution in [-0.4, -0.2) is 26.1 Å². The second-order valence-corrected chi connectivity index (χ2v) is 3.38. The number of nitrogens with zero attached hydrogens (tertiary/aromatic N) is 3. The highest BCUT2D eigenvalue weighted by atomic mass is 16.4. The second kappa shape index (κ2) is 3.55. The zero-order chi connectivity index (χ0) is 10.0. The van der Waals surface area contributed by atoms with E-state index in [-0.39, 0.29) is 5.92 Å². The van der Waals surface area contributed by atoms with Gasteiger partial charge in [0.2, 0.25) is 0 Å². The van der Waals surface area contributed by atoms with Crippen molar-refractivity contribution in [2.24, 2.45) is 13.0 Å². The number of carboxylic acid groups (broad SMARTS) is 1. The Morgan fingerprint density at radius 2 is 2.23 bits per heavy atom. The summed E-state index contributed by atoms with van der Waals surface area (Å²) in [5.41, 5.74) is 0.519. The fourth-order valence-corrected chi connectivity index (χ4v) is 1.26. The summed E-state index contributed by atoms with van der Waals surface area (Å²) in [5, 5.41) is 16.4. The molecule has 1 aromatic heterocycles. The predicted molar refractivity (Wildman–Crippen MR) is 46.2 cm³/mol. The van der Waals surface area contributed by atoms with E-state index >= 15 is 0 Å². The lowest BCUT2D eigenvalue weighted by Crippen LogP contribution is -2.17. The molecule has 72 valence electrons. The molecule has 0 aliphatic heterocycles. The molecular weight excluding hydrogens is 170 g/mol. The van der Waals surface area contributed by atoms with Crippen molar-refractivity contribution in [3.8, 4) is 0 Å². The maximum Gasteiger partial charge on any atom is 0.312 e. The van der Waals surface area contributed by atoms with Gasteiger partial charge in [-0.05, 0) is 5.92 Å². The van der Waals surface area contributed by atoms with Gasteiger partial charge in [0.1, 0.15) is 5.92 Å². The first kappa shape index (κ1) is 9.70. The standard InChI is InChI=1S/C8H13N3O2/c1-5(2)7(8(12)13)6-4-11(3)10-9-6/h4-5,7H,1-3H3,(H,12,13). The lowest BCUT2D eigenvalue weighted by Gasteiger charge is -2.12. The van der Waals surface area contributed by atoms with Gasteiger partial charge < -0.3 is 5.11 Å². The van der Waals surface area contributed by atoms with Crippen molar-refractivity contribution in [3.05, 3.63) is 11.9 Å². The van der Waals surface area contributed by atoms with Crippen LogP contribution in [0.25, 0.3) is 0 Å². The molecule has 1 aromatic rings. The minimum atomic E-state index is -0.851. The van der Waals surface area contributed by atoms with Gasteiger partial charge in [0, 0.05) is 13.2 Å². The molecule has 0 bridgehead atoms. The highest BCUT2D eigenvalue weighted by molar-refractivity contribution is 5.75. The third kappa shape index (κ3) is 2.05. The van der Waals surface area contributed by atoms with Crippen molar-refractivity contribution in [3.63, 3.8) is 0 Å². The summed E-state index contributed by atoms with van der Waals surface area (Å²) in [5.74, 6) is -1.39. The molecule has 1 unspecified atom stereocenters. The van der Waals surface area contributed by atoms with Crippen LogP contribution in [0.2, 0.25) is 0 Å². The quantitative estimate of drug-likeness (QED) is 0.746. The molecule has 0 spiro atoms. The number of aliphatic carboxylic acids is 1. The summed E-state index contributed by atoms with van der Waals surface area (Å²) in [6, 6.07) is 0. The molecule has 1 N–H and O–H groups in total.